The Labute approximate surface area is 341 Å². The van der Waals surface area contributed by atoms with E-state index in [1.165, 1.54) is 12.1 Å². The van der Waals surface area contributed by atoms with Gasteiger partial charge in [-0.3, -0.25) is 33.6 Å². The molecule has 0 saturated heterocycles. The molecule has 58 heavy (non-hydrogen) atoms. The van der Waals surface area contributed by atoms with Crippen molar-refractivity contribution in [1.29, 1.82) is 0 Å². The van der Waals surface area contributed by atoms with Gasteiger partial charge in [0.05, 0.1) is 41.4 Å². The van der Waals surface area contributed by atoms with Crippen LogP contribution in [0.3, 0.4) is 0 Å². The second kappa shape index (κ2) is 19.9. The van der Waals surface area contributed by atoms with E-state index in [1.807, 2.05) is 50.3 Å². The summed E-state index contributed by atoms with van der Waals surface area (Å²) in [6.07, 6.45) is 9.04. The maximum atomic E-state index is 12.6. The van der Waals surface area contributed by atoms with Gasteiger partial charge in [-0.2, -0.15) is 8.42 Å². The smallest absolute Gasteiger partial charge is 0.320 e. The van der Waals surface area contributed by atoms with E-state index in [1.54, 1.807) is 6.07 Å². The maximum absolute atomic E-state index is 12.6. The molecule has 1 unspecified atom stereocenters. The number of hydrogen-bond donors (Lipinski definition) is 6. The van der Waals surface area contributed by atoms with E-state index in [2.05, 4.69) is 33.4 Å². The van der Waals surface area contributed by atoms with Gasteiger partial charge in [0.1, 0.15) is 6.04 Å². The first kappa shape index (κ1) is 46.1. The highest BCUT2D eigenvalue weighted by Crippen LogP contribution is 2.49. The standard InChI is InChI=1S/C39H50N4O13S2/c1-38(2)27-22-26(58(52,53)54)16-17-29(27)41-32(38)12-10-13-33-39(3,4)28-21-25(57-56-55-51)15-18-30(28)43(33)20-9-5-6-14-34(44)40-19-8-7-11-31(37(49)50)42(23-35(45)46)24-36(47)48/h10,12-13,15-18,21-22,31,51H,5-9,11,14,19-20,23-24H2,1-4H3,(H,40,44)(H,45,46)(H,47,48)(H,49,50)(H,52,53,54)/b12-10+,33-13+. The van der Waals surface area contributed by atoms with Gasteiger partial charge in [-0.1, -0.05) is 45.2 Å². The summed E-state index contributed by atoms with van der Waals surface area (Å²) in [6.45, 7) is 7.57. The first-order chi connectivity index (χ1) is 27.3. The van der Waals surface area contributed by atoms with Crippen molar-refractivity contribution in [2.75, 3.05) is 31.1 Å². The molecule has 2 aromatic rings. The summed E-state index contributed by atoms with van der Waals surface area (Å²) >= 11 is 0.867. The quantitative estimate of drug-likeness (QED) is 0.0257. The average molecular weight is 847 g/mol. The Morgan fingerprint density at radius 2 is 1.64 bits per heavy atom. The van der Waals surface area contributed by atoms with Crippen LogP contribution < -0.4 is 10.2 Å². The van der Waals surface area contributed by atoms with Gasteiger partial charge in [0, 0.05) is 46.6 Å². The van der Waals surface area contributed by atoms with Crippen molar-refractivity contribution in [3.63, 3.8) is 0 Å². The van der Waals surface area contributed by atoms with Gasteiger partial charge < -0.3 is 25.5 Å². The zero-order valence-electron chi connectivity index (χ0n) is 32.7. The molecule has 4 rings (SSSR count). The van der Waals surface area contributed by atoms with E-state index in [0.29, 0.717) is 54.2 Å². The number of aliphatic imine (C=N–C) groups is 1. The van der Waals surface area contributed by atoms with E-state index < -0.39 is 58.0 Å². The molecule has 1 atom stereocenters. The highest BCUT2D eigenvalue weighted by molar-refractivity contribution is 7.94. The second-order valence-electron chi connectivity index (χ2n) is 15.1. The lowest BCUT2D eigenvalue weighted by molar-refractivity contribution is -0.432. The summed E-state index contributed by atoms with van der Waals surface area (Å²) in [5, 5.41) is 43.0. The van der Waals surface area contributed by atoms with Crippen LogP contribution in [0.5, 0.6) is 0 Å². The molecule has 0 aliphatic carbocycles. The Morgan fingerprint density at radius 3 is 2.28 bits per heavy atom. The molecular weight excluding hydrogens is 797 g/mol. The Balaban J connectivity index is 1.36. The molecule has 2 aliphatic heterocycles. The van der Waals surface area contributed by atoms with Crippen LogP contribution >= 0.6 is 12.0 Å². The van der Waals surface area contributed by atoms with Gasteiger partial charge in [-0.05, 0) is 91.8 Å². The molecule has 17 nitrogen and oxygen atoms in total. The van der Waals surface area contributed by atoms with Crippen LogP contribution in [0.15, 0.2) is 75.1 Å². The number of aliphatic carboxylic acids is 3. The first-order valence-corrected chi connectivity index (χ1v) is 20.8. The van der Waals surface area contributed by atoms with Crippen molar-refractivity contribution in [3.05, 3.63) is 71.5 Å². The SMILES string of the molecule is CC1(C)C(/C=C/C=C2/N(CCCCCC(=O)NCCCCC(C(=O)O)N(CC(=O)O)CC(=O)O)c3ccc(SOOO)cc3C2(C)C)=Nc2ccc(S(=O)(=O)O)cc21. The fourth-order valence-electron chi connectivity index (χ4n) is 7.26. The fourth-order valence-corrected chi connectivity index (χ4v) is 8.16. The van der Waals surface area contributed by atoms with Crippen LogP contribution in [0, 0.1) is 0 Å². The molecular formula is C39H50N4O13S2. The van der Waals surface area contributed by atoms with Crippen molar-refractivity contribution in [3.8, 4) is 0 Å². The predicted octanol–water partition coefficient (Wildman–Crippen LogP) is 5.73. The zero-order chi connectivity index (χ0) is 42.8. The summed E-state index contributed by atoms with van der Waals surface area (Å²) in [5.41, 5.74) is 3.93. The normalized spacial score (nSPS) is 16.7. The number of allylic oxidation sites excluding steroid dienone is 4. The topological polar surface area (TPSA) is 253 Å². The van der Waals surface area contributed by atoms with Gasteiger partial charge in [0.15, 0.2) is 0 Å². The summed E-state index contributed by atoms with van der Waals surface area (Å²) in [7, 11) is -4.38. The largest absolute Gasteiger partial charge is 0.480 e. The van der Waals surface area contributed by atoms with Crippen molar-refractivity contribution in [2.24, 2.45) is 4.99 Å². The van der Waals surface area contributed by atoms with Crippen molar-refractivity contribution < 1.29 is 62.1 Å². The molecule has 19 heteroatoms. The number of nitrogens with zero attached hydrogens (tertiary/aromatic N) is 3. The zero-order valence-corrected chi connectivity index (χ0v) is 34.3. The Bertz CT molecular complexity index is 2050. The van der Waals surface area contributed by atoms with Crippen molar-refractivity contribution in [1.82, 2.24) is 10.2 Å². The predicted molar refractivity (Wildman–Crippen MR) is 215 cm³/mol. The number of nitrogens with one attached hydrogen (secondary N) is 1. The number of amides is 1. The number of carboxylic acids is 3. The Kier molecular flexibility index (Phi) is 15.8. The number of carbonyl (C=O) groups is 4. The molecule has 0 fully saturated rings. The number of carbonyl (C=O) groups excluding carboxylic acids is 1. The maximum Gasteiger partial charge on any atom is 0.320 e. The number of carboxylic acid groups (broad SMARTS) is 3. The number of anilines is 1. The van der Waals surface area contributed by atoms with E-state index in [-0.39, 0.29) is 23.6 Å². The lowest BCUT2D eigenvalue weighted by Crippen LogP contribution is -2.46. The van der Waals surface area contributed by atoms with E-state index >= 15 is 0 Å². The summed E-state index contributed by atoms with van der Waals surface area (Å²) in [6, 6.07) is 8.87. The van der Waals surface area contributed by atoms with Gasteiger partial charge in [0.2, 0.25) is 5.91 Å². The minimum atomic E-state index is -4.38. The number of hydrogen-bond acceptors (Lipinski definition) is 13. The van der Waals surface area contributed by atoms with Crippen LogP contribution in [-0.2, 0) is 49.5 Å². The van der Waals surface area contributed by atoms with E-state index in [0.717, 1.165) is 46.7 Å². The Hall–Kier alpha value is -4.63. The third kappa shape index (κ3) is 11.7. The first-order valence-electron chi connectivity index (χ1n) is 18.6. The number of unbranched alkanes of at least 4 members (excludes halogenated alkanes) is 3. The van der Waals surface area contributed by atoms with Crippen LogP contribution in [0.1, 0.15) is 83.8 Å². The summed E-state index contributed by atoms with van der Waals surface area (Å²) in [5.74, 6) is -4.12. The number of benzene rings is 2. The molecule has 316 valence electrons. The monoisotopic (exact) mass is 846 g/mol. The molecule has 6 N–H and O–H groups in total. The molecule has 2 aliphatic rings. The van der Waals surface area contributed by atoms with Crippen molar-refractivity contribution in [2.45, 2.75) is 99.3 Å². The Morgan fingerprint density at radius 1 is 0.931 bits per heavy atom. The average Bonchev–Trinajstić information content (AvgIpc) is 3.51. The van der Waals surface area contributed by atoms with Gasteiger partial charge >= 0.3 is 17.9 Å². The van der Waals surface area contributed by atoms with Gasteiger partial charge in [-0.25, -0.2) is 5.26 Å². The third-order valence-electron chi connectivity index (χ3n) is 10.3. The lowest BCUT2D eigenvalue weighted by atomic mass is 9.81. The molecule has 2 heterocycles. The molecule has 1 amide bonds. The van der Waals surface area contributed by atoms with Gasteiger partial charge in [0.25, 0.3) is 10.1 Å². The van der Waals surface area contributed by atoms with Crippen LogP contribution in [0.2, 0.25) is 0 Å². The van der Waals surface area contributed by atoms with Gasteiger partial charge in [-0.15, -0.1) is 4.33 Å². The molecule has 0 radical (unpaired) electrons. The number of rotatable bonds is 23. The minimum absolute atomic E-state index is 0.0286. The van der Waals surface area contributed by atoms with E-state index in [9.17, 15) is 37.3 Å². The minimum Gasteiger partial charge on any atom is -0.480 e. The van der Waals surface area contributed by atoms with Crippen LogP contribution in [-0.4, -0.2) is 100 Å². The second-order valence-corrected chi connectivity index (χ2v) is 17.3. The number of fused-ring (bicyclic) bond motifs is 2. The lowest BCUT2D eigenvalue weighted by Gasteiger charge is -2.27. The molecule has 0 aromatic heterocycles. The molecule has 2 aromatic carbocycles. The van der Waals surface area contributed by atoms with E-state index in [4.69, 9.17) is 20.5 Å². The third-order valence-corrected chi connectivity index (χ3v) is 11.7. The van der Waals surface area contributed by atoms with Crippen molar-refractivity contribution >= 4 is 63.1 Å². The van der Waals surface area contributed by atoms with Crippen LogP contribution in [0.25, 0.3) is 0 Å². The fraction of sp³-hybridized carbons (Fsp3) is 0.462. The molecule has 0 saturated carbocycles. The molecule has 0 spiro atoms. The molecule has 0 bridgehead atoms. The highest BCUT2D eigenvalue weighted by Gasteiger charge is 2.40. The van der Waals surface area contributed by atoms with Crippen LogP contribution in [0.4, 0.5) is 11.4 Å². The summed E-state index contributed by atoms with van der Waals surface area (Å²) in [4.78, 5) is 54.9. The summed E-state index contributed by atoms with van der Waals surface area (Å²) < 4.78 is 37.9. The highest BCUT2D eigenvalue weighted by atomic mass is 32.2.